The molecule has 0 amide bonds. The lowest BCUT2D eigenvalue weighted by Crippen LogP contribution is -2.37. The second-order valence-corrected chi connectivity index (χ2v) is 7.11. The fourth-order valence-corrected chi connectivity index (χ4v) is 3.71. The SMILES string of the molecule is CC1(C)CCC(C(=O)C2COC3C(O)COC23)CC1. The quantitative estimate of drug-likeness (QED) is 0.825. The van der Waals surface area contributed by atoms with E-state index in [1.165, 1.54) is 0 Å². The van der Waals surface area contributed by atoms with E-state index in [0.717, 1.165) is 25.7 Å². The molecule has 0 aromatic rings. The van der Waals surface area contributed by atoms with E-state index in [1.54, 1.807) is 0 Å². The molecule has 0 spiro atoms. The average molecular weight is 268 g/mol. The van der Waals surface area contributed by atoms with Crippen molar-refractivity contribution in [1.29, 1.82) is 0 Å². The highest BCUT2D eigenvalue weighted by molar-refractivity contribution is 5.84. The highest BCUT2D eigenvalue weighted by Gasteiger charge is 2.51. The first-order valence-electron chi connectivity index (χ1n) is 7.43. The number of hydrogen-bond acceptors (Lipinski definition) is 4. The maximum absolute atomic E-state index is 12.6. The van der Waals surface area contributed by atoms with Crippen molar-refractivity contribution >= 4 is 5.78 Å². The van der Waals surface area contributed by atoms with E-state index in [4.69, 9.17) is 9.47 Å². The number of ketones is 1. The zero-order chi connectivity index (χ0) is 13.6. The highest BCUT2D eigenvalue weighted by Crippen LogP contribution is 2.41. The Morgan fingerprint density at radius 2 is 1.74 bits per heavy atom. The van der Waals surface area contributed by atoms with Gasteiger partial charge in [-0.05, 0) is 31.1 Å². The van der Waals surface area contributed by atoms with Crippen LogP contribution < -0.4 is 0 Å². The van der Waals surface area contributed by atoms with Crippen LogP contribution in [-0.2, 0) is 14.3 Å². The Morgan fingerprint density at radius 3 is 2.42 bits per heavy atom. The van der Waals surface area contributed by atoms with Crippen molar-refractivity contribution in [2.75, 3.05) is 13.2 Å². The highest BCUT2D eigenvalue weighted by atomic mass is 16.6. The van der Waals surface area contributed by atoms with Gasteiger partial charge in [0, 0.05) is 5.92 Å². The molecule has 1 aliphatic carbocycles. The topological polar surface area (TPSA) is 55.8 Å². The molecule has 0 bridgehead atoms. The van der Waals surface area contributed by atoms with Crippen LogP contribution in [-0.4, -0.2) is 42.4 Å². The van der Waals surface area contributed by atoms with Gasteiger partial charge in [0.15, 0.2) is 0 Å². The summed E-state index contributed by atoms with van der Waals surface area (Å²) in [6, 6.07) is 0. The molecule has 3 aliphatic rings. The smallest absolute Gasteiger partial charge is 0.144 e. The summed E-state index contributed by atoms with van der Waals surface area (Å²) in [5.74, 6) is 0.312. The number of aliphatic hydroxyl groups excluding tert-OH is 1. The van der Waals surface area contributed by atoms with Crippen molar-refractivity contribution in [3.05, 3.63) is 0 Å². The van der Waals surface area contributed by atoms with Gasteiger partial charge in [0.05, 0.1) is 25.2 Å². The van der Waals surface area contributed by atoms with Gasteiger partial charge >= 0.3 is 0 Å². The van der Waals surface area contributed by atoms with Crippen LogP contribution in [0.15, 0.2) is 0 Å². The number of carbonyl (C=O) groups is 1. The Bertz CT molecular complexity index is 355. The molecular formula is C15H24O4. The maximum Gasteiger partial charge on any atom is 0.144 e. The summed E-state index contributed by atoms with van der Waals surface area (Å²) in [6.07, 6.45) is 3.16. The number of ether oxygens (including phenoxy) is 2. The number of aliphatic hydroxyl groups is 1. The van der Waals surface area contributed by atoms with Crippen LogP contribution in [0.3, 0.4) is 0 Å². The summed E-state index contributed by atoms with van der Waals surface area (Å²) < 4.78 is 11.1. The van der Waals surface area contributed by atoms with Gasteiger partial charge in [0.2, 0.25) is 0 Å². The van der Waals surface area contributed by atoms with Crippen LogP contribution in [0.2, 0.25) is 0 Å². The molecule has 1 saturated carbocycles. The lowest BCUT2D eigenvalue weighted by Gasteiger charge is -2.34. The van der Waals surface area contributed by atoms with Gasteiger partial charge in [-0.1, -0.05) is 13.8 Å². The van der Waals surface area contributed by atoms with Crippen LogP contribution in [0, 0.1) is 17.3 Å². The van der Waals surface area contributed by atoms with Crippen molar-refractivity contribution in [2.45, 2.75) is 57.8 Å². The van der Waals surface area contributed by atoms with Crippen molar-refractivity contribution in [1.82, 2.24) is 0 Å². The molecule has 4 heteroatoms. The lowest BCUT2D eigenvalue weighted by molar-refractivity contribution is -0.131. The Kier molecular flexibility index (Phi) is 3.44. The molecule has 0 aromatic carbocycles. The van der Waals surface area contributed by atoms with Gasteiger partial charge in [-0.25, -0.2) is 0 Å². The predicted molar refractivity (Wildman–Crippen MR) is 69.7 cm³/mol. The fourth-order valence-electron chi connectivity index (χ4n) is 3.71. The number of hydrogen-bond donors (Lipinski definition) is 1. The van der Waals surface area contributed by atoms with E-state index in [9.17, 15) is 9.90 Å². The van der Waals surface area contributed by atoms with Gasteiger partial charge in [0.25, 0.3) is 0 Å². The van der Waals surface area contributed by atoms with Crippen molar-refractivity contribution in [2.24, 2.45) is 17.3 Å². The largest absolute Gasteiger partial charge is 0.388 e. The van der Waals surface area contributed by atoms with E-state index < -0.39 is 6.10 Å². The third-order valence-corrected chi connectivity index (χ3v) is 5.13. The van der Waals surface area contributed by atoms with E-state index in [1.807, 2.05) is 0 Å². The Balaban J connectivity index is 1.62. The molecule has 0 radical (unpaired) electrons. The Morgan fingerprint density at radius 1 is 1.11 bits per heavy atom. The summed E-state index contributed by atoms with van der Waals surface area (Å²) in [5.41, 5.74) is 0.380. The second-order valence-electron chi connectivity index (χ2n) is 7.11. The van der Waals surface area contributed by atoms with Crippen LogP contribution in [0.5, 0.6) is 0 Å². The van der Waals surface area contributed by atoms with Crippen LogP contribution in [0.25, 0.3) is 0 Å². The van der Waals surface area contributed by atoms with Crippen LogP contribution in [0.1, 0.15) is 39.5 Å². The third kappa shape index (κ3) is 2.46. The summed E-state index contributed by atoms with van der Waals surface area (Å²) in [7, 11) is 0. The van der Waals surface area contributed by atoms with E-state index in [0.29, 0.717) is 24.4 Å². The molecule has 2 heterocycles. The van der Waals surface area contributed by atoms with Crippen LogP contribution >= 0.6 is 0 Å². The number of fused-ring (bicyclic) bond motifs is 1. The molecule has 3 rings (SSSR count). The van der Waals surface area contributed by atoms with Gasteiger partial charge in [-0.2, -0.15) is 0 Å². The zero-order valence-electron chi connectivity index (χ0n) is 11.8. The molecule has 19 heavy (non-hydrogen) atoms. The number of rotatable bonds is 2. The molecule has 4 unspecified atom stereocenters. The van der Waals surface area contributed by atoms with Crippen molar-refractivity contribution in [3.8, 4) is 0 Å². The molecule has 0 aromatic heterocycles. The van der Waals surface area contributed by atoms with Gasteiger partial charge in [-0.15, -0.1) is 0 Å². The number of carbonyl (C=O) groups excluding carboxylic acids is 1. The van der Waals surface area contributed by atoms with Crippen LogP contribution in [0.4, 0.5) is 0 Å². The Labute approximate surface area is 114 Å². The minimum absolute atomic E-state index is 0.159. The van der Waals surface area contributed by atoms with E-state index in [-0.39, 0.29) is 24.0 Å². The van der Waals surface area contributed by atoms with Gasteiger partial charge < -0.3 is 14.6 Å². The van der Waals surface area contributed by atoms with E-state index in [2.05, 4.69) is 13.8 Å². The summed E-state index contributed by atoms with van der Waals surface area (Å²) in [4.78, 5) is 12.6. The molecule has 1 N–H and O–H groups in total. The molecule has 4 nitrogen and oxygen atoms in total. The molecular weight excluding hydrogens is 244 g/mol. The van der Waals surface area contributed by atoms with Crippen molar-refractivity contribution < 1.29 is 19.4 Å². The Hall–Kier alpha value is -0.450. The maximum atomic E-state index is 12.6. The molecule has 2 saturated heterocycles. The molecule has 3 fully saturated rings. The monoisotopic (exact) mass is 268 g/mol. The fraction of sp³-hybridized carbons (Fsp3) is 0.933. The predicted octanol–water partition coefficient (Wildman–Crippen LogP) is 1.55. The first-order chi connectivity index (χ1) is 8.98. The zero-order valence-corrected chi connectivity index (χ0v) is 11.8. The second kappa shape index (κ2) is 4.83. The van der Waals surface area contributed by atoms with Gasteiger partial charge in [0.1, 0.15) is 18.0 Å². The standard InChI is InChI=1S/C15H24O4/c1-15(2)5-3-9(4-6-15)12(17)10-7-18-14-11(16)8-19-13(10)14/h9-11,13-14,16H,3-8H2,1-2H3. The molecule has 2 aliphatic heterocycles. The van der Waals surface area contributed by atoms with Crippen molar-refractivity contribution in [3.63, 3.8) is 0 Å². The summed E-state index contributed by atoms with van der Waals surface area (Å²) in [6.45, 7) is 5.28. The third-order valence-electron chi connectivity index (χ3n) is 5.13. The van der Waals surface area contributed by atoms with Gasteiger partial charge in [-0.3, -0.25) is 4.79 Å². The normalized spacial score (nSPS) is 42.3. The first kappa shape index (κ1) is 13.5. The lowest BCUT2D eigenvalue weighted by atomic mass is 9.70. The minimum Gasteiger partial charge on any atom is -0.388 e. The number of Topliss-reactive ketones (excluding diaryl/α,β-unsaturated/α-hetero) is 1. The minimum atomic E-state index is -0.562. The average Bonchev–Trinajstić information content (AvgIpc) is 2.92. The summed E-state index contributed by atoms with van der Waals surface area (Å²) in [5, 5.41) is 9.72. The molecule has 108 valence electrons. The summed E-state index contributed by atoms with van der Waals surface area (Å²) >= 11 is 0. The first-order valence-corrected chi connectivity index (χ1v) is 7.43. The van der Waals surface area contributed by atoms with E-state index >= 15 is 0 Å². The molecule has 4 atom stereocenters.